The van der Waals surface area contributed by atoms with Gasteiger partial charge in [0, 0.05) is 30.2 Å². The molecule has 3 rings (SSSR count). The third-order valence-electron chi connectivity index (χ3n) is 5.31. The van der Waals surface area contributed by atoms with Crippen molar-refractivity contribution in [2.45, 2.75) is 32.1 Å². The number of carbonyl (C=O) groups excluding carboxylic acids is 2. The highest BCUT2D eigenvalue weighted by molar-refractivity contribution is 6.30. The number of benzene rings is 1. The Labute approximate surface area is 175 Å². The van der Waals surface area contributed by atoms with E-state index in [-0.39, 0.29) is 23.6 Å². The van der Waals surface area contributed by atoms with Gasteiger partial charge in [0.2, 0.25) is 0 Å². The Morgan fingerprint density at radius 1 is 1.17 bits per heavy atom. The second-order valence-electron chi connectivity index (χ2n) is 7.13. The molecule has 7 heteroatoms. The van der Waals surface area contributed by atoms with Crippen LogP contribution in [0, 0.1) is 6.92 Å². The first-order valence-electron chi connectivity index (χ1n) is 9.72. The molecule has 0 unspecified atom stereocenters. The van der Waals surface area contributed by atoms with E-state index in [2.05, 4.69) is 10.3 Å². The van der Waals surface area contributed by atoms with Crippen LogP contribution >= 0.6 is 11.6 Å². The number of hydrogen-bond acceptors (Lipinski definition) is 5. The maximum absolute atomic E-state index is 12.7. The summed E-state index contributed by atoms with van der Waals surface area (Å²) >= 11 is 6.04. The Hall–Kier alpha value is -2.44. The van der Waals surface area contributed by atoms with E-state index in [1.807, 2.05) is 24.3 Å². The SMILES string of the molecule is CCOC(=O)c1ccc(C(=O)NCC2(c3ccc(Cl)cc3)CCOCC2)nc1C. The minimum absolute atomic E-state index is 0.210. The van der Waals surface area contributed by atoms with Gasteiger partial charge in [-0.3, -0.25) is 4.79 Å². The Balaban J connectivity index is 1.74. The van der Waals surface area contributed by atoms with E-state index in [9.17, 15) is 9.59 Å². The monoisotopic (exact) mass is 416 g/mol. The number of ether oxygens (including phenoxy) is 2. The molecule has 0 radical (unpaired) electrons. The number of hydrogen-bond donors (Lipinski definition) is 1. The van der Waals surface area contributed by atoms with E-state index in [4.69, 9.17) is 21.1 Å². The number of pyridine rings is 1. The Kier molecular flexibility index (Phi) is 6.87. The van der Waals surface area contributed by atoms with E-state index in [0.717, 1.165) is 18.4 Å². The number of halogens is 1. The molecule has 2 heterocycles. The van der Waals surface area contributed by atoms with Gasteiger partial charge >= 0.3 is 5.97 Å². The van der Waals surface area contributed by atoms with Crippen LogP contribution in [0.25, 0.3) is 0 Å². The molecule has 1 amide bonds. The molecule has 1 aliphatic heterocycles. The van der Waals surface area contributed by atoms with Crippen molar-refractivity contribution >= 4 is 23.5 Å². The largest absolute Gasteiger partial charge is 0.462 e. The summed E-state index contributed by atoms with van der Waals surface area (Å²) in [5.74, 6) is -0.711. The molecule has 154 valence electrons. The fourth-order valence-electron chi connectivity index (χ4n) is 3.59. The number of carbonyl (C=O) groups is 2. The molecule has 1 saturated heterocycles. The van der Waals surface area contributed by atoms with Crippen molar-refractivity contribution in [1.29, 1.82) is 0 Å². The van der Waals surface area contributed by atoms with E-state index in [1.54, 1.807) is 26.0 Å². The molecule has 1 aromatic carbocycles. The van der Waals surface area contributed by atoms with Crippen LogP contribution in [0.15, 0.2) is 36.4 Å². The van der Waals surface area contributed by atoms with Gasteiger partial charge < -0.3 is 14.8 Å². The van der Waals surface area contributed by atoms with Gasteiger partial charge in [0.05, 0.1) is 17.9 Å². The van der Waals surface area contributed by atoms with Crippen LogP contribution in [0.4, 0.5) is 0 Å². The molecule has 0 bridgehead atoms. The number of nitrogens with one attached hydrogen (secondary N) is 1. The Bertz CT molecular complexity index is 877. The zero-order chi connectivity index (χ0) is 20.9. The third-order valence-corrected chi connectivity index (χ3v) is 5.56. The lowest BCUT2D eigenvalue weighted by atomic mass is 9.74. The number of aromatic nitrogens is 1. The molecule has 2 aromatic rings. The van der Waals surface area contributed by atoms with Crippen molar-refractivity contribution in [2.75, 3.05) is 26.4 Å². The van der Waals surface area contributed by atoms with Gasteiger partial charge in [-0.05, 0) is 56.5 Å². The van der Waals surface area contributed by atoms with Gasteiger partial charge in [-0.2, -0.15) is 0 Å². The van der Waals surface area contributed by atoms with Crippen LogP contribution in [0.1, 0.15) is 51.9 Å². The van der Waals surface area contributed by atoms with Crippen LogP contribution in [0.2, 0.25) is 5.02 Å². The van der Waals surface area contributed by atoms with E-state index < -0.39 is 5.97 Å². The molecule has 1 N–H and O–H groups in total. The lowest BCUT2D eigenvalue weighted by molar-refractivity contribution is 0.0486. The van der Waals surface area contributed by atoms with Crippen molar-refractivity contribution in [3.8, 4) is 0 Å². The van der Waals surface area contributed by atoms with Crippen LogP contribution in [0.5, 0.6) is 0 Å². The zero-order valence-corrected chi connectivity index (χ0v) is 17.4. The normalized spacial score (nSPS) is 15.6. The highest BCUT2D eigenvalue weighted by Gasteiger charge is 2.35. The van der Waals surface area contributed by atoms with Gasteiger partial charge in [0.25, 0.3) is 5.91 Å². The van der Waals surface area contributed by atoms with Crippen LogP contribution in [-0.2, 0) is 14.9 Å². The third kappa shape index (κ3) is 4.95. The van der Waals surface area contributed by atoms with Crippen molar-refractivity contribution in [1.82, 2.24) is 10.3 Å². The molecular formula is C22H25ClN2O4. The van der Waals surface area contributed by atoms with Crippen LogP contribution in [-0.4, -0.2) is 43.2 Å². The van der Waals surface area contributed by atoms with Gasteiger partial charge in [0.1, 0.15) is 5.69 Å². The van der Waals surface area contributed by atoms with E-state index in [0.29, 0.717) is 36.0 Å². The van der Waals surface area contributed by atoms with E-state index >= 15 is 0 Å². The first-order valence-corrected chi connectivity index (χ1v) is 10.1. The summed E-state index contributed by atoms with van der Waals surface area (Å²) in [5.41, 5.74) is 2.03. The Morgan fingerprint density at radius 2 is 1.86 bits per heavy atom. The van der Waals surface area contributed by atoms with Gasteiger partial charge in [-0.1, -0.05) is 23.7 Å². The van der Waals surface area contributed by atoms with Crippen LogP contribution < -0.4 is 5.32 Å². The second kappa shape index (κ2) is 9.37. The highest BCUT2D eigenvalue weighted by Crippen LogP contribution is 2.35. The molecule has 0 aliphatic carbocycles. The summed E-state index contributed by atoms with van der Waals surface area (Å²) < 4.78 is 10.5. The average Bonchev–Trinajstić information content (AvgIpc) is 2.73. The predicted molar refractivity (Wildman–Crippen MR) is 110 cm³/mol. The number of amides is 1. The number of aryl methyl sites for hydroxylation is 1. The second-order valence-corrected chi connectivity index (χ2v) is 7.57. The maximum Gasteiger partial charge on any atom is 0.339 e. The average molecular weight is 417 g/mol. The molecule has 29 heavy (non-hydrogen) atoms. The zero-order valence-electron chi connectivity index (χ0n) is 16.7. The summed E-state index contributed by atoms with van der Waals surface area (Å²) in [7, 11) is 0. The highest BCUT2D eigenvalue weighted by atomic mass is 35.5. The standard InChI is InChI=1S/C22H25ClN2O4/c1-3-29-21(27)18-8-9-19(25-15(18)2)20(26)24-14-22(10-12-28-13-11-22)16-4-6-17(23)7-5-16/h4-9H,3,10-14H2,1-2H3,(H,24,26). The maximum atomic E-state index is 12.7. The lowest BCUT2D eigenvalue weighted by Gasteiger charge is -2.38. The van der Waals surface area contributed by atoms with Crippen molar-refractivity contribution in [3.63, 3.8) is 0 Å². The summed E-state index contributed by atoms with van der Waals surface area (Å²) in [5, 5.41) is 3.70. The van der Waals surface area contributed by atoms with Crippen molar-refractivity contribution in [2.24, 2.45) is 0 Å². The minimum atomic E-state index is -0.437. The molecule has 1 aromatic heterocycles. The first-order chi connectivity index (χ1) is 13.9. The van der Waals surface area contributed by atoms with Crippen molar-refractivity contribution in [3.05, 3.63) is 63.9 Å². The fraction of sp³-hybridized carbons (Fsp3) is 0.409. The van der Waals surface area contributed by atoms with E-state index in [1.165, 1.54) is 0 Å². The van der Waals surface area contributed by atoms with Crippen LogP contribution in [0.3, 0.4) is 0 Å². The Morgan fingerprint density at radius 3 is 2.48 bits per heavy atom. The molecule has 1 fully saturated rings. The van der Waals surface area contributed by atoms with Gasteiger partial charge in [-0.15, -0.1) is 0 Å². The minimum Gasteiger partial charge on any atom is -0.462 e. The molecule has 0 atom stereocenters. The quantitative estimate of drug-likeness (QED) is 0.726. The molecule has 0 spiro atoms. The predicted octanol–water partition coefficient (Wildman–Crippen LogP) is 3.70. The lowest BCUT2D eigenvalue weighted by Crippen LogP contribution is -2.44. The van der Waals surface area contributed by atoms with Crippen molar-refractivity contribution < 1.29 is 19.1 Å². The summed E-state index contributed by atoms with van der Waals surface area (Å²) in [6, 6.07) is 10.9. The number of nitrogens with zero attached hydrogens (tertiary/aromatic N) is 1. The number of esters is 1. The summed E-state index contributed by atoms with van der Waals surface area (Å²) in [4.78, 5) is 28.9. The summed E-state index contributed by atoms with van der Waals surface area (Å²) in [6.45, 7) is 5.48. The van der Waals surface area contributed by atoms with Gasteiger partial charge in [0.15, 0.2) is 0 Å². The first kappa shape index (κ1) is 21.3. The smallest absolute Gasteiger partial charge is 0.339 e. The topological polar surface area (TPSA) is 77.5 Å². The molecular weight excluding hydrogens is 392 g/mol. The summed E-state index contributed by atoms with van der Waals surface area (Å²) in [6.07, 6.45) is 1.62. The molecule has 0 saturated carbocycles. The molecule has 1 aliphatic rings. The van der Waals surface area contributed by atoms with Gasteiger partial charge in [-0.25, -0.2) is 9.78 Å². The molecule has 6 nitrogen and oxygen atoms in total. The fourth-order valence-corrected chi connectivity index (χ4v) is 3.71. The number of rotatable bonds is 6.